The zero-order valence-electron chi connectivity index (χ0n) is 15.7. The van der Waals surface area contributed by atoms with Gasteiger partial charge in [-0.2, -0.15) is 0 Å². The number of halogens is 1. The summed E-state index contributed by atoms with van der Waals surface area (Å²) < 4.78 is 6.69. The fourth-order valence-corrected chi connectivity index (χ4v) is 8.00. The molecule has 132 valence electrons. The van der Waals surface area contributed by atoms with Crippen molar-refractivity contribution in [2.24, 2.45) is 0 Å². The summed E-state index contributed by atoms with van der Waals surface area (Å²) >= 11 is 6.01. The van der Waals surface area contributed by atoms with E-state index >= 15 is 0 Å². The molecular formula is C20H35ClOSi. The van der Waals surface area contributed by atoms with Gasteiger partial charge in [0.05, 0.1) is 0 Å². The summed E-state index contributed by atoms with van der Waals surface area (Å²) in [5, 5.41) is 0.773. The van der Waals surface area contributed by atoms with Crippen molar-refractivity contribution in [3.05, 3.63) is 29.3 Å². The van der Waals surface area contributed by atoms with Gasteiger partial charge in [0.2, 0.25) is 0 Å². The summed E-state index contributed by atoms with van der Waals surface area (Å²) in [6, 6.07) is 9.17. The average Bonchev–Trinajstić information content (AvgIpc) is 2.51. The summed E-state index contributed by atoms with van der Waals surface area (Å²) in [6.07, 6.45) is 8.09. The minimum Gasteiger partial charge on any atom is -0.543 e. The van der Waals surface area contributed by atoms with Gasteiger partial charge >= 0.3 is 0 Å². The van der Waals surface area contributed by atoms with Crippen LogP contribution in [0.3, 0.4) is 0 Å². The summed E-state index contributed by atoms with van der Waals surface area (Å²) in [6.45, 7) is 11.7. The molecule has 0 amide bonds. The third-order valence-electron chi connectivity index (χ3n) is 5.00. The van der Waals surface area contributed by atoms with Gasteiger partial charge in [0.25, 0.3) is 8.32 Å². The smallest absolute Gasteiger partial charge is 0.256 e. The molecule has 0 aromatic heterocycles. The Hall–Kier alpha value is -0.473. The molecule has 0 N–H and O–H groups in total. The fourth-order valence-electron chi connectivity index (χ4n) is 3.43. The van der Waals surface area contributed by atoms with Crippen molar-refractivity contribution in [1.29, 1.82) is 0 Å². The quantitative estimate of drug-likeness (QED) is 0.290. The maximum atomic E-state index is 6.69. The Labute approximate surface area is 149 Å². The van der Waals surface area contributed by atoms with Crippen LogP contribution >= 0.6 is 11.6 Å². The Bertz CT molecular complexity index is 420. The van der Waals surface area contributed by atoms with E-state index in [4.69, 9.17) is 16.0 Å². The van der Waals surface area contributed by atoms with E-state index < -0.39 is 8.32 Å². The first-order valence-corrected chi connectivity index (χ1v) is 12.0. The lowest BCUT2D eigenvalue weighted by molar-refractivity contribution is 0.486. The number of benzene rings is 1. The SMILES string of the molecule is CCCCCCCC[Si](Oc1ccc(Cl)cc1)(C(C)C)C(C)C. The molecule has 1 aromatic rings. The molecule has 0 saturated heterocycles. The zero-order valence-corrected chi connectivity index (χ0v) is 17.5. The van der Waals surface area contributed by atoms with Gasteiger partial charge in [-0.25, -0.2) is 0 Å². The Morgan fingerprint density at radius 3 is 1.91 bits per heavy atom. The summed E-state index contributed by atoms with van der Waals surface area (Å²) in [4.78, 5) is 0. The van der Waals surface area contributed by atoms with Crippen LogP contribution < -0.4 is 4.43 Å². The van der Waals surface area contributed by atoms with E-state index in [1.807, 2.05) is 24.3 Å². The van der Waals surface area contributed by atoms with Crippen molar-refractivity contribution in [2.75, 3.05) is 0 Å². The highest BCUT2D eigenvalue weighted by Gasteiger charge is 2.43. The van der Waals surface area contributed by atoms with Crippen molar-refractivity contribution in [1.82, 2.24) is 0 Å². The van der Waals surface area contributed by atoms with Crippen molar-refractivity contribution < 1.29 is 4.43 Å². The van der Waals surface area contributed by atoms with Gasteiger partial charge in [-0.15, -0.1) is 0 Å². The largest absolute Gasteiger partial charge is 0.543 e. The van der Waals surface area contributed by atoms with E-state index in [-0.39, 0.29) is 0 Å². The zero-order chi connectivity index (χ0) is 17.3. The molecule has 0 aliphatic carbocycles. The first kappa shape index (κ1) is 20.6. The topological polar surface area (TPSA) is 9.23 Å². The van der Waals surface area contributed by atoms with E-state index in [9.17, 15) is 0 Å². The molecule has 0 radical (unpaired) electrons. The average molecular weight is 355 g/mol. The molecule has 0 saturated carbocycles. The number of hydrogen-bond donors (Lipinski definition) is 0. The van der Waals surface area contributed by atoms with E-state index in [0.29, 0.717) is 11.1 Å². The number of rotatable bonds is 11. The highest BCUT2D eigenvalue weighted by Crippen LogP contribution is 2.39. The molecule has 0 bridgehead atoms. The van der Waals surface area contributed by atoms with Gasteiger partial charge in [-0.05, 0) is 41.4 Å². The van der Waals surface area contributed by atoms with Gasteiger partial charge in [-0.1, -0.05) is 84.7 Å². The highest BCUT2D eigenvalue weighted by molar-refractivity contribution is 6.77. The van der Waals surface area contributed by atoms with Crippen molar-refractivity contribution in [3.63, 3.8) is 0 Å². The maximum absolute atomic E-state index is 6.69. The van der Waals surface area contributed by atoms with Crippen LogP contribution in [0.5, 0.6) is 5.75 Å². The summed E-state index contributed by atoms with van der Waals surface area (Å²) in [7, 11) is -1.82. The van der Waals surface area contributed by atoms with Crippen LogP contribution in [0.15, 0.2) is 24.3 Å². The lowest BCUT2D eigenvalue weighted by Gasteiger charge is -2.39. The molecule has 0 fully saturated rings. The summed E-state index contributed by atoms with van der Waals surface area (Å²) in [5.74, 6) is 0.995. The van der Waals surface area contributed by atoms with Crippen LogP contribution in [-0.4, -0.2) is 8.32 Å². The van der Waals surface area contributed by atoms with Gasteiger partial charge in [0.1, 0.15) is 5.75 Å². The second-order valence-corrected chi connectivity index (χ2v) is 12.7. The second kappa shape index (κ2) is 10.4. The Balaban J connectivity index is 2.71. The molecule has 1 rings (SSSR count). The molecule has 0 spiro atoms. The van der Waals surface area contributed by atoms with Crippen LogP contribution in [0.4, 0.5) is 0 Å². The molecule has 0 heterocycles. The summed E-state index contributed by atoms with van der Waals surface area (Å²) in [5.41, 5.74) is 1.24. The minimum atomic E-state index is -1.82. The molecule has 1 nitrogen and oxygen atoms in total. The fraction of sp³-hybridized carbons (Fsp3) is 0.700. The van der Waals surface area contributed by atoms with Crippen molar-refractivity contribution in [2.45, 2.75) is 90.3 Å². The van der Waals surface area contributed by atoms with Crippen LogP contribution in [0.1, 0.15) is 73.1 Å². The van der Waals surface area contributed by atoms with Crippen LogP contribution in [0.2, 0.25) is 22.1 Å². The standard InChI is InChI=1S/C20H35ClOSi/c1-6-7-8-9-10-11-16-23(17(2)3,18(4)5)22-20-14-12-19(21)13-15-20/h12-15,17-18H,6-11,16H2,1-5H3. The van der Waals surface area contributed by atoms with Gasteiger partial charge in [0.15, 0.2) is 0 Å². The lowest BCUT2D eigenvalue weighted by atomic mass is 10.1. The second-order valence-electron chi connectivity index (χ2n) is 7.34. The predicted octanol–water partition coefficient (Wildman–Crippen LogP) is 7.84. The molecule has 0 atom stereocenters. The first-order valence-electron chi connectivity index (χ1n) is 9.37. The monoisotopic (exact) mass is 354 g/mol. The van der Waals surface area contributed by atoms with E-state index in [2.05, 4.69) is 34.6 Å². The van der Waals surface area contributed by atoms with E-state index in [1.54, 1.807) is 0 Å². The maximum Gasteiger partial charge on any atom is 0.256 e. The lowest BCUT2D eigenvalue weighted by Crippen LogP contribution is -2.47. The number of unbranched alkanes of at least 4 members (excludes halogenated alkanes) is 5. The van der Waals surface area contributed by atoms with Gasteiger partial charge in [0, 0.05) is 5.02 Å². The molecule has 0 aliphatic rings. The van der Waals surface area contributed by atoms with Crippen LogP contribution in [0.25, 0.3) is 0 Å². The third kappa shape index (κ3) is 6.50. The molecular weight excluding hydrogens is 320 g/mol. The molecule has 0 aliphatic heterocycles. The predicted molar refractivity (Wildman–Crippen MR) is 106 cm³/mol. The third-order valence-corrected chi connectivity index (χ3v) is 10.9. The van der Waals surface area contributed by atoms with Crippen molar-refractivity contribution >= 4 is 19.9 Å². The first-order chi connectivity index (χ1) is 10.9. The minimum absolute atomic E-state index is 0.619. The Morgan fingerprint density at radius 1 is 0.870 bits per heavy atom. The molecule has 23 heavy (non-hydrogen) atoms. The molecule has 3 heteroatoms. The van der Waals surface area contributed by atoms with E-state index in [1.165, 1.54) is 44.6 Å². The van der Waals surface area contributed by atoms with Gasteiger partial charge in [-0.3, -0.25) is 0 Å². The molecule has 1 aromatic carbocycles. The normalized spacial score (nSPS) is 12.2. The van der Waals surface area contributed by atoms with Crippen LogP contribution in [0, 0.1) is 0 Å². The van der Waals surface area contributed by atoms with E-state index in [0.717, 1.165) is 10.8 Å². The Morgan fingerprint density at radius 2 is 1.39 bits per heavy atom. The van der Waals surface area contributed by atoms with Crippen molar-refractivity contribution in [3.8, 4) is 5.75 Å². The Kier molecular flexibility index (Phi) is 9.31. The van der Waals surface area contributed by atoms with Crippen LogP contribution in [-0.2, 0) is 0 Å². The number of hydrogen-bond acceptors (Lipinski definition) is 1. The van der Waals surface area contributed by atoms with Gasteiger partial charge < -0.3 is 4.43 Å². The molecule has 0 unspecified atom stereocenters. The highest BCUT2D eigenvalue weighted by atomic mass is 35.5.